The lowest BCUT2D eigenvalue weighted by Crippen LogP contribution is -2.24. The Hall–Kier alpha value is -2.83. The van der Waals surface area contributed by atoms with E-state index in [2.05, 4.69) is 63.0 Å². The van der Waals surface area contributed by atoms with Crippen molar-refractivity contribution < 1.29 is 19.4 Å². The molecule has 30 heavy (non-hydrogen) atoms. The number of aromatic nitrogens is 1. The molecule has 4 rings (SSSR count). The van der Waals surface area contributed by atoms with Gasteiger partial charge in [0.2, 0.25) is 0 Å². The standard InChI is InChI=1S/C24H22BrNO4/c1-29-23(24(27)28)14-16-6-9-18(10-7-16)30-13-12-26-21-5-3-2-4-19(21)20-15-17(25)8-11-22(20)26/h2-11,15,23H,12-14H2,1H3,(H,27,28). The zero-order chi connectivity index (χ0) is 21.1. The number of carboxylic acid groups (broad SMARTS) is 1. The van der Waals surface area contributed by atoms with E-state index in [4.69, 9.17) is 14.6 Å². The first-order valence-electron chi connectivity index (χ1n) is 9.70. The molecule has 1 aromatic heterocycles. The zero-order valence-electron chi connectivity index (χ0n) is 16.5. The van der Waals surface area contributed by atoms with Crippen molar-refractivity contribution in [2.75, 3.05) is 13.7 Å². The first kappa shape index (κ1) is 20.4. The first-order chi connectivity index (χ1) is 14.6. The molecule has 0 radical (unpaired) electrons. The van der Waals surface area contributed by atoms with E-state index in [1.807, 2.05) is 24.3 Å². The number of ether oxygens (including phenoxy) is 2. The van der Waals surface area contributed by atoms with Crippen LogP contribution in [0.4, 0.5) is 0 Å². The fourth-order valence-electron chi connectivity index (χ4n) is 3.73. The molecule has 3 aromatic carbocycles. The van der Waals surface area contributed by atoms with Crippen molar-refractivity contribution in [3.63, 3.8) is 0 Å². The minimum atomic E-state index is -0.962. The predicted molar refractivity (Wildman–Crippen MR) is 121 cm³/mol. The summed E-state index contributed by atoms with van der Waals surface area (Å²) in [6.07, 6.45) is -0.518. The number of nitrogens with zero attached hydrogens (tertiary/aromatic N) is 1. The number of para-hydroxylation sites is 1. The van der Waals surface area contributed by atoms with Crippen LogP contribution in [0.5, 0.6) is 5.75 Å². The second-order valence-corrected chi connectivity index (χ2v) is 8.01. The van der Waals surface area contributed by atoms with Crippen LogP contribution >= 0.6 is 15.9 Å². The van der Waals surface area contributed by atoms with Gasteiger partial charge < -0.3 is 19.1 Å². The maximum atomic E-state index is 11.1. The van der Waals surface area contributed by atoms with E-state index in [0.29, 0.717) is 13.0 Å². The summed E-state index contributed by atoms with van der Waals surface area (Å²) >= 11 is 3.57. The van der Waals surface area contributed by atoms with Crippen molar-refractivity contribution in [1.29, 1.82) is 0 Å². The highest BCUT2D eigenvalue weighted by atomic mass is 79.9. The van der Waals surface area contributed by atoms with Gasteiger partial charge in [0.05, 0.1) is 6.54 Å². The Morgan fingerprint density at radius 2 is 1.77 bits per heavy atom. The van der Waals surface area contributed by atoms with E-state index in [1.54, 1.807) is 0 Å². The van der Waals surface area contributed by atoms with Crippen molar-refractivity contribution in [2.24, 2.45) is 0 Å². The van der Waals surface area contributed by atoms with Crippen LogP contribution in [0, 0.1) is 0 Å². The van der Waals surface area contributed by atoms with Crippen LogP contribution in [0.2, 0.25) is 0 Å². The molecule has 4 aromatic rings. The number of carbonyl (C=O) groups is 1. The van der Waals surface area contributed by atoms with Crippen molar-refractivity contribution in [1.82, 2.24) is 4.57 Å². The summed E-state index contributed by atoms with van der Waals surface area (Å²) in [5, 5.41) is 11.6. The fourth-order valence-corrected chi connectivity index (χ4v) is 4.09. The number of carboxylic acids is 1. The Morgan fingerprint density at radius 3 is 2.50 bits per heavy atom. The van der Waals surface area contributed by atoms with Gasteiger partial charge in [0.15, 0.2) is 6.10 Å². The quantitative estimate of drug-likeness (QED) is 0.383. The van der Waals surface area contributed by atoms with Crippen molar-refractivity contribution >= 4 is 43.7 Å². The molecule has 6 heteroatoms. The normalized spacial score (nSPS) is 12.3. The second kappa shape index (κ2) is 8.90. The third kappa shape index (κ3) is 4.20. The van der Waals surface area contributed by atoms with Gasteiger partial charge in [-0.05, 0) is 42.0 Å². The van der Waals surface area contributed by atoms with Gasteiger partial charge in [-0.1, -0.05) is 46.3 Å². The van der Waals surface area contributed by atoms with Crippen LogP contribution in [0.3, 0.4) is 0 Å². The highest BCUT2D eigenvalue weighted by Crippen LogP contribution is 2.31. The molecule has 1 unspecified atom stereocenters. The largest absolute Gasteiger partial charge is 0.492 e. The fraction of sp³-hybridized carbons (Fsp3) is 0.208. The number of hydrogen-bond acceptors (Lipinski definition) is 3. The molecule has 0 aliphatic rings. The summed E-state index contributed by atoms with van der Waals surface area (Å²) in [7, 11) is 1.41. The Labute approximate surface area is 183 Å². The molecule has 1 atom stereocenters. The van der Waals surface area contributed by atoms with Gasteiger partial charge in [-0.25, -0.2) is 4.79 Å². The molecular weight excluding hydrogens is 446 g/mol. The lowest BCUT2D eigenvalue weighted by Gasteiger charge is -2.12. The van der Waals surface area contributed by atoms with Gasteiger partial charge in [0.25, 0.3) is 0 Å². The molecule has 0 fully saturated rings. The summed E-state index contributed by atoms with van der Waals surface area (Å²) < 4.78 is 14.3. The van der Waals surface area contributed by atoms with Crippen LogP contribution < -0.4 is 4.74 Å². The zero-order valence-corrected chi connectivity index (χ0v) is 18.1. The number of rotatable bonds is 8. The van der Waals surface area contributed by atoms with Crippen LogP contribution in [-0.2, 0) is 22.5 Å². The number of benzene rings is 3. The Bertz CT molecular complexity index is 1180. The maximum Gasteiger partial charge on any atom is 0.333 e. The van der Waals surface area contributed by atoms with Crippen LogP contribution in [0.15, 0.2) is 71.2 Å². The van der Waals surface area contributed by atoms with Gasteiger partial charge in [-0.3, -0.25) is 0 Å². The highest BCUT2D eigenvalue weighted by Gasteiger charge is 2.16. The first-order valence-corrected chi connectivity index (χ1v) is 10.5. The summed E-state index contributed by atoms with van der Waals surface area (Å²) in [4.78, 5) is 11.1. The number of halogens is 1. The van der Waals surface area contributed by atoms with E-state index in [9.17, 15) is 4.79 Å². The number of methoxy groups -OCH3 is 1. The van der Waals surface area contributed by atoms with Crippen molar-refractivity contribution in [3.05, 3.63) is 76.8 Å². The molecule has 154 valence electrons. The Kier molecular flexibility index (Phi) is 6.06. The van der Waals surface area contributed by atoms with Crippen molar-refractivity contribution in [3.8, 4) is 5.75 Å². The number of hydrogen-bond donors (Lipinski definition) is 1. The van der Waals surface area contributed by atoms with E-state index in [0.717, 1.165) is 22.3 Å². The average Bonchev–Trinajstić information content (AvgIpc) is 3.06. The third-order valence-electron chi connectivity index (χ3n) is 5.22. The Morgan fingerprint density at radius 1 is 1.03 bits per heavy atom. The maximum absolute atomic E-state index is 11.1. The van der Waals surface area contributed by atoms with E-state index in [-0.39, 0.29) is 0 Å². The molecule has 0 bridgehead atoms. The van der Waals surface area contributed by atoms with E-state index >= 15 is 0 Å². The molecule has 1 N–H and O–H groups in total. The Balaban J connectivity index is 1.47. The van der Waals surface area contributed by atoms with Crippen LogP contribution in [0.25, 0.3) is 21.8 Å². The van der Waals surface area contributed by atoms with E-state index < -0.39 is 12.1 Å². The minimum Gasteiger partial charge on any atom is -0.492 e. The second-order valence-electron chi connectivity index (χ2n) is 7.09. The van der Waals surface area contributed by atoms with E-state index in [1.165, 1.54) is 28.9 Å². The SMILES string of the molecule is COC(Cc1ccc(OCCn2c3ccccc3c3cc(Br)ccc32)cc1)C(=O)O. The van der Waals surface area contributed by atoms with Gasteiger partial charge in [0.1, 0.15) is 12.4 Å². The highest BCUT2D eigenvalue weighted by molar-refractivity contribution is 9.10. The number of fused-ring (bicyclic) bond motifs is 3. The lowest BCUT2D eigenvalue weighted by atomic mass is 10.1. The van der Waals surface area contributed by atoms with Gasteiger partial charge >= 0.3 is 5.97 Å². The lowest BCUT2D eigenvalue weighted by molar-refractivity contribution is -0.148. The smallest absolute Gasteiger partial charge is 0.333 e. The van der Waals surface area contributed by atoms with Gasteiger partial charge in [-0.15, -0.1) is 0 Å². The van der Waals surface area contributed by atoms with Crippen LogP contribution in [-0.4, -0.2) is 35.5 Å². The topological polar surface area (TPSA) is 60.7 Å². The molecule has 0 spiro atoms. The van der Waals surface area contributed by atoms with Crippen LogP contribution in [0.1, 0.15) is 5.56 Å². The summed E-state index contributed by atoms with van der Waals surface area (Å²) in [5.41, 5.74) is 3.26. The molecule has 0 saturated heterocycles. The molecule has 0 saturated carbocycles. The molecule has 1 heterocycles. The summed E-state index contributed by atoms with van der Waals surface area (Å²) in [6, 6.07) is 22.2. The molecule has 0 amide bonds. The summed E-state index contributed by atoms with van der Waals surface area (Å²) in [5.74, 6) is -0.206. The third-order valence-corrected chi connectivity index (χ3v) is 5.72. The molecule has 5 nitrogen and oxygen atoms in total. The van der Waals surface area contributed by atoms with Gasteiger partial charge in [-0.2, -0.15) is 0 Å². The average molecular weight is 468 g/mol. The number of aliphatic carboxylic acids is 1. The monoisotopic (exact) mass is 467 g/mol. The minimum absolute atomic E-state index is 0.322. The molecule has 0 aliphatic carbocycles. The molecular formula is C24H22BrNO4. The summed E-state index contributed by atoms with van der Waals surface area (Å²) in [6.45, 7) is 1.25. The van der Waals surface area contributed by atoms with Crippen molar-refractivity contribution in [2.45, 2.75) is 19.1 Å². The molecule has 0 aliphatic heterocycles. The predicted octanol–water partition coefficient (Wildman–Crippen LogP) is 5.28. The van der Waals surface area contributed by atoms with Gasteiger partial charge in [0, 0.05) is 39.8 Å².